The van der Waals surface area contributed by atoms with Gasteiger partial charge < -0.3 is 10.1 Å². The Morgan fingerprint density at radius 2 is 1.81 bits per heavy atom. The first-order valence-corrected chi connectivity index (χ1v) is 8.73. The highest BCUT2D eigenvalue weighted by Crippen LogP contribution is 2.23. The number of carbonyl (C=O) groups excluding carboxylic acids is 1. The van der Waals surface area contributed by atoms with Gasteiger partial charge in [-0.15, -0.1) is 0 Å². The third kappa shape index (κ3) is 4.86. The molecule has 3 rings (SSSR count). The van der Waals surface area contributed by atoms with Crippen molar-refractivity contribution in [3.05, 3.63) is 71.3 Å². The van der Waals surface area contributed by atoms with Crippen LogP contribution >= 0.6 is 0 Å². The molecule has 0 saturated carbocycles. The van der Waals surface area contributed by atoms with Gasteiger partial charge in [0.05, 0.1) is 13.2 Å². The maximum Gasteiger partial charge on any atom is 0.241 e. The van der Waals surface area contributed by atoms with Crippen molar-refractivity contribution in [2.75, 3.05) is 32.8 Å². The van der Waals surface area contributed by atoms with Crippen LogP contribution in [0.4, 0.5) is 8.78 Å². The fraction of sp³-hybridized carbons (Fsp3) is 0.350. The van der Waals surface area contributed by atoms with Crippen LogP contribution in [0.15, 0.2) is 48.5 Å². The zero-order valence-corrected chi connectivity index (χ0v) is 14.5. The Morgan fingerprint density at radius 1 is 1.08 bits per heavy atom. The van der Waals surface area contributed by atoms with Crippen molar-refractivity contribution in [3.8, 4) is 0 Å². The molecule has 26 heavy (non-hydrogen) atoms. The van der Waals surface area contributed by atoms with Gasteiger partial charge >= 0.3 is 0 Å². The summed E-state index contributed by atoms with van der Waals surface area (Å²) in [6.45, 7) is 2.77. The molecule has 0 unspecified atom stereocenters. The quantitative estimate of drug-likeness (QED) is 0.861. The first-order chi connectivity index (χ1) is 12.6. The predicted octanol–water partition coefficient (Wildman–Crippen LogP) is 2.70. The van der Waals surface area contributed by atoms with E-state index in [0.29, 0.717) is 44.8 Å². The molecular formula is C20H22F2N2O2. The van der Waals surface area contributed by atoms with Crippen molar-refractivity contribution < 1.29 is 18.3 Å². The van der Waals surface area contributed by atoms with Gasteiger partial charge in [0.2, 0.25) is 5.91 Å². The number of amides is 1. The molecule has 0 aromatic heterocycles. The highest BCUT2D eigenvalue weighted by Gasteiger charge is 2.29. The summed E-state index contributed by atoms with van der Waals surface area (Å²) >= 11 is 0. The van der Waals surface area contributed by atoms with Crippen LogP contribution < -0.4 is 5.32 Å². The molecule has 1 heterocycles. The van der Waals surface area contributed by atoms with E-state index in [9.17, 15) is 13.6 Å². The lowest BCUT2D eigenvalue weighted by Gasteiger charge is -2.33. The molecule has 1 aliphatic rings. The topological polar surface area (TPSA) is 41.6 Å². The number of benzene rings is 2. The average Bonchev–Trinajstić information content (AvgIpc) is 2.65. The van der Waals surface area contributed by atoms with E-state index in [0.717, 1.165) is 5.56 Å². The van der Waals surface area contributed by atoms with Gasteiger partial charge in [0, 0.05) is 19.6 Å². The summed E-state index contributed by atoms with van der Waals surface area (Å²) in [6, 6.07) is 11.8. The average molecular weight is 360 g/mol. The molecule has 6 heteroatoms. The van der Waals surface area contributed by atoms with Crippen molar-refractivity contribution in [2.24, 2.45) is 0 Å². The molecule has 1 saturated heterocycles. The van der Waals surface area contributed by atoms with E-state index in [1.807, 2.05) is 4.90 Å². The van der Waals surface area contributed by atoms with Crippen LogP contribution in [0.2, 0.25) is 0 Å². The lowest BCUT2D eigenvalue weighted by atomic mass is 10.0. The monoisotopic (exact) mass is 360 g/mol. The highest BCUT2D eigenvalue weighted by molar-refractivity contribution is 5.83. The van der Waals surface area contributed by atoms with Gasteiger partial charge in [-0.05, 0) is 41.8 Å². The molecule has 0 bridgehead atoms. The Labute approximate surface area is 151 Å². The van der Waals surface area contributed by atoms with Crippen molar-refractivity contribution >= 4 is 5.91 Å². The third-order valence-electron chi connectivity index (χ3n) is 4.45. The van der Waals surface area contributed by atoms with Crippen molar-refractivity contribution in [1.29, 1.82) is 0 Å². The van der Waals surface area contributed by atoms with Crippen LogP contribution in [0.25, 0.3) is 0 Å². The maximum absolute atomic E-state index is 13.7. The Morgan fingerprint density at radius 3 is 2.50 bits per heavy atom. The van der Waals surface area contributed by atoms with Crippen LogP contribution in [0.1, 0.15) is 17.2 Å². The molecule has 2 aromatic rings. The molecule has 1 atom stereocenters. The Bertz CT molecular complexity index is 731. The van der Waals surface area contributed by atoms with E-state index in [1.165, 1.54) is 24.3 Å². The molecule has 0 spiro atoms. The van der Waals surface area contributed by atoms with Gasteiger partial charge in [0.25, 0.3) is 0 Å². The summed E-state index contributed by atoms with van der Waals surface area (Å²) in [6.07, 6.45) is 0.602. The van der Waals surface area contributed by atoms with Gasteiger partial charge in [-0.2, -0.15) is 0 Å². The number of nitrogens with one attached hydrogen (secondary N) is 1. The number of hydrogen-bond acceptors (Lipinski definition) is 3. The van der Waals surface area contributed by atoms with Gasteiger partial charge in [-0.3, -0.25) is 9.69 Å². The summed E-state index contributed by atoms with van der Waals surface area (Å²) in [5.74, 6) is -0.809. The van der Waals surface area contributed by atoms with Gasteiger partial charge in [-0.1, -0.05) is 24.3 Å². The smallest absolute Gasteiger partial charge is 0.241 e. The molecule has 1 aliphatic heterocycles. The first-order valence-electron chi connectivity index (χ1n) is 8.73. The second-order valence-corrected chi connectivity index (χ2v) is 6.27. The molecule has 0 radical (unpaired) electrons. The number of morpholine rings is 1. The first kappa shape index (κ1) is 18.5. The van der Waals surface area contributed by atoms with E-state index in [2.05, 4.69) is 5.32 Å². The van der Waals surface area contributed by atoms with E-state index in [1.54, 1.807) is 24.3 Å². The minimum atomic E-state index is -0.553. The minimum Gasteiger partial charge on any atom is -0.379 e. The Kier molecular flexibility index (Phi) is 6.30. The minimum absolute atomic E-state index is 0.167. The van der Waals surface area contributed by atoms with E-state index < -0.39 is 6.04 Å². The van der Waals surface area contributed by atoms with Crippen LogP contribution in [-0.4, -0.2) is 43.7 Å². The van der Waals surface area contributed by atoms with Crippen LogP contribution in [0, 0.1) is 11.6 Å². The molecule has 1 N–H and O–H groups in total. The van der Waals surface area contributed by atoms with Crippen molar-refractivity contribution in [2.45, 2.75) is 12.5 Å². The number of nitrogens with zero attached hydrogens (tertiary/aromatic N) is 1. The van der Waals surface area contributed by atoms with Gasteiger partial charge in [0.15, 0.2) is 0 Å². The largest absolute Gasteiger partial charge is 0.379 e. The van der Waals surface area contributed by atoms with Gasteiger partial charge in [-0.25, -0.2) is 8.78 Å². The number of ether oxygens (including phenoxy) is 1. The molecule has 1 fully saturated rings. The summed E-state index contributed by atoms with van der Waals surface area (Å²) < 4.78 is 32.0. The molecule has 0 aliphatic carbocycles. The Balaban J connectivity index is 1.67. The van der Waals surface area contributed by atoms with Gasteiger partial charge in [0.1, 0.15) is 17.7 Å². The summed E-state index contributed by atoms with van der Waals surface area (Å²) in [5, 5.41) is 2.92. The lowest BCUT2D eigenvalue weighted by Crippen LogP contribution is -2.46. The zero-order valence-electron chi connectivity index (χ0n) is 14.5. The van der Waals surface area contributed by atoms with Crippen LogP contribution in [0.3, 0.4) is 0 Å². The molecule has 2 aromatic carbocycles. The second-order valence-electron chi connectivity index (χ2n) is 6.27. The highest BCUT2D eigenvalue weighted by atomic mass is 19.1. The third-order valence-corrected chi connectivity index (χ3v) is 4.45. The Hall–Kier alpha value is -2.31. The van der Waals surface area contributed by atoms with Crippen molar-refractivity contribution in [1.82, 2.24) is 10.2 Å². The number of hydrogen-bond donors (Lipinski definition) is 1. The SMILES string of the molecule is O=C(NCCc1ccc(F)cc1)[C@@H](c1cccc(F)c1)N1CCOCC1. The number of rotatable bonds is 6. The van der Waals surface area contributed by atoms with E-state index >= 15 is 0 Å². The second kappa shape index (κ2) is 8.87. The fourth-order valence-electron chi connectivity index (χ4n) is 3.12. The van der Waals surface area contributed by atoms with E-state index in [4.69, 9.17) is 4.74 Å². The molecule has 138 valence electrons. The molecule has 4 nitrogen and oxygen atoms in total. The van der Waals surface area contributed by atoms with E-state index in [-0.39, 0.29) is 17.5 Å². The van der Waals surface area contributed by atoms with Crippen molar-refractivity contribution in [3.63, 3.8) is 0 Å². The zero-order chi connectivity index (χ0) is 18.4. The number of halogens is 2. The molecular weight excluding hydrogens is 338 g/mol. The normalized spacial score (nSPS) is 16.2. The van der Waals surface area contributed by atoms with Crippen LogP contribution in [0.5, 0.6) is 0 Å². The number of carbonyl (C=O) groups is 1. The summed E-state index contributed by atoms with van der Waals surface area (Å²) in [7, 11) is 0. The molecule has 1 amide bonds. The predicted molar refractivity (Wildman–Crippen MR) is 94.6 cm³/mol. The lowest BCUT2D eigenvalue weighted by molar-refractivity contribution is -0.128. The van der Waals surface area contributed by atoms with Crippen LogP contribution in [-0.2, 0) is 16.0 Å². The summed E-state index contributed by atoms with van der Waals surface area (Å²) in [5.41, 5.74) is 1.58. The summed E-state index contributed by atoms with van der Waals surface area (Å²) in [4.78, 5) is 14.8. The standard InChI is InChI=1S/C20H22F2N2O2/c21-17-6-4-15(5-7-17)8-9-23-20(25)19(24-10-12-26-13-11-24)16-2-1-3-18(22)14-16/h1-7,14,19H,8-13H2,(H,23,25)/t19-/m1/s1. The maximum atomic E-state index is 13.7. The fourth-order valence-corrected chi connectivity index (χ4v) is 3.12.